The van der Waals surface area contributed by atoms with Gasteiger partial charge in [-0.15, -0.1) is 4.99 Å². The van der Waals surface area contributed by atoms with E-state index >= 15 is 0 Å². The number of carbonyl (C=O) groups is 5. The number of carboxylic acids is 2. The van der Waals surface area contributed by atoms with Gasteiger partial charge >= 0.3 is 58.3 Å². The molecule has 3 amide bonds. The van der Waals surface area contributed by atoms with Crippen molar-refractivity contribution in [1.29, 1.82) is 5.41 Å². The van der Waals surface area contributed by atoms with Crippen LogP contribution >= 0.6 is 11.8 Å². The minimum absolute atomic E-state index is 0.0144. The Morgan fingerprint density at radius 2 is 0.770 bits per heavy atom. The maximum atomic E-state index is 13.4. The number of guanidine groups is 2. The Balaban J connectivity index is 0.000000279. The molecule has 9 aromatic rings. The molecule has 0 spiro atoms. The molecule has 602 valence electrons. The van der Waals surface area contributed by atoms with Crippen LogP contribution in [-0.2, 0) is 63.1 Å². The Bertz CT molecular complexity index is 5160. The van der Waals surface area contributed by atoms with E-state index in [1.807, 2.05) is 12.1 Å². The first-order valence-electron chi connectivity index (χ1n) is 33.4. The summed E-state index contributed by atoms with van der Waals surface area (Å²) in [6, 6.07) is 37.4. The highest BCUT2D eigenvalue weighted by Gasteiger charge is 2.22. The SMILES string of the molecule is CC(C)(C)OC(=O)N=C(N)N.COc1ccc(Cn2c(NCC(=O)NC(=N)NC(=O)OC(C)(C)C)nc(=O)n(Cc3ccc(F)cc3)c2=O)cc1.COc1ccc(Cn2c(NCC(=O)O)nc(=O)n(Cc3ccc(F)cc3)c2=O)cc1.COc1ccc(Cn2c(SC)nc(=O)n(Cc3ccc(F)cc3)c2=O)cc1.NCC(=O)O. The summed E-state index contributed by atoms with van der Waals surface area (Å²) in [5.74, 6) is -3.48. The Hall–Kier alpha value is -13.7. The molecule has 0 saturated carbocycles. The van der Waals surface area contributed by atoms with E-state index in [-0.39, 0.29) is 69.5 Å². The number of nitrogens with one attached hydrogen (secondary N) is 5. The molecule has 0 bridgehead atoms. The van der Waals surface area contributed by atoms with Crippen LogP contribution in [0.2, 0.25) is 0 Å². The molecular weight excluding hydrogens is 1510 g/mol. The third-order valence-electron chi connectivity index (χ3n) is 14.3. The van der Waals surface area contributed by atoms with Gasteiger partial charge in [-0.2, -0.15) is 15.0 Å². The fourth-order valence-electron chi connectivity index (χ4n) is 9.20. The number of hydrogen-bond donors (Lipinski definition) is 10. The molecule has 6 aromatic carbocycles. The lowest BCUT2D eigenvalue weighted by Gasteiger charge is -2.20. The van der Waals surface area contributed by atoms with Crippen molar-refractivity contribution in [3.63, 3.8) is 0 Å². The number of thioether (sulfide) groups is 1. The smallest absolute Gasteiger partial charge is 0.437 e. The van der Waals surface area contributed by atoms with Gasteiger partial charge in [0.15, 0.2) is 11.1 Å². The van der Waals surface area contributed by atoms with E-state index in [4.69, 9.17) is 50.8 Å². The van der Waals surface area contributed by atoms with Gasteiger partial charge in [-0.3, -0.25) is 44.1 Å². The fourth-order valence-corrected chi connectivity index (χ4v) is 9.74. The molecule has 0 aliphatic rings. The number of ether oxygens (including phenoxy) is 5. The van der Waals surface area contributed by atoms with E-state index in [0.29, 0.717) is 44.5 Å². The third-order valence-corrected chi connectivity index (χ3v) is 15.0. The molecule has 0 fully saturated rings. The van der Waals surface area contributed by atoms with E-state index in [9.17, 15) is 65.9 Å². The number of nitrogens with zero attached hydrogens (tertiary/aromatic N) is 10. The summed E-state index contributed by atoms with van der Waals surface area (Å²) >= 11 is 1.23. The average Bonchev–Trinajstić information content (AvgIpc) is 0.805. The normalized spacial score (nSPS) is 10.6. The number of amides is 3. The number of aliphatic imine (C=N–C) groups is 1. The molecule has 13 N–H and O–H groups in total. The third kappa shape index (κ3) is 30.7. The summed E-state index contributed by atoms with van der Waals surface area (Å²) in [5.41, 5.74) is 12.8. The number of methoxy groups -OCH3 is 3. The predicted molar refractivity (Wildman–Crippen MR) is 411 cm³/mol. The van der Waals surface area contributed by atoms with Crippen molar-refractivity contribution in [3.05, 3.63) is 259 Å². The number of aromatic nitrogens is 9. The molecular formula is C73H85F3N18O18S. The van der Waals surface area contributed by atoms with Crippen LogP contribution in [0.5, 0.6) is 17.2 Å². The van der Waals surface area contributed by atoms with Crippen LogP contribution in [0, 0.1) is 22.9 Å². The summed E-state index contributed by atoms with van der Waals surface area (Å²) in [6.45, 7) is 8.91. The van der Waals surface area contributed by atoms with Crippen molar-refractivity contribution in [2.24, 2.45) is 22.2 Å². The highest BCUT2D eigenvalue weighted by molar-refractivity contribution is 7.98. The van der Waals surface area contributed by atoms with E-state index in [2.05, 4.69) is 46.9 Å². The number of rotatable bonds is 23. The number of benzene rings is 6. The van der Waals surface area contributed by atoms with Gasteiger partial charge in [0, 0.05) is 0 Å². The highest BCUT2D eigenvalue weighted by Crippen LogP contribution is 2.18. The van der Waals surface area contributed by atoms with Gasteiger partial charge in [0.25, 0.3) is 0 Å². The first-order valence-corrected chi connectivity index (χ1v) is 34.7. The number of hydrogen-bond acceptors (Lipinski definition) is 24. The first kappa shape index (κ1) is 90.0. The van der Waals surface area contributed by atoms with Crippen LogP contribution in [0.25, 0.3) is 0 Å². The van der Waals surface area contributed by atoms with Gasteiger partial charge in [0.2, 0.25) is 23.8 Å². The van der Waals surface area contributed by atoms with Crippen molar-refractivity contribution in [2.45, 2.75) is 97.2 Å². The number of alkyl carbamates (subject to hydrolysis) is 1. The van der Waals surface area contributed by atoms with Crippen LogP contribution < -0.4 is 86.8 Å². The minimum atomic E-state index is -1.17. The zero-order valence-electron chi connectivity index (χ0n) is 62.9. The number of aliphatic carboxylic acids is 2. The van der Waals surface area contributed by atoms with E-state index in [1.165, 1.54) is 112 Å². The standard InChI is InChI=1S/C26H30FN7O6.C20H19FN4O5.C19H18FN3O3S.C6H13N3O2.C2H5NO2/c1-26(2,3)40-24(37)31-21(28)30-20(35)13-29-22-32-23(36)34(15-16-5-9-18(27)10-6-16)25(38)33(22)14-17-7-11-19(39-4)12-8-17;1-30-16-8-4-14(5-9-16)11-24-18(22-10-17(26)27)23-19(28)25(20(24)29)12-13-2-6-15(21)7-3-13;1-26-16-9-5-14(6-10-16)12-23-18(27-2)21-17(24)22(19(23)25)11-13-3-7-15(20)8-4-13;1-6(2,3)11-5(10)9-4(7)8;3-1-2(4)5/h5-12H,13-15H2,1-4H3,(H,29,32,36)(H3,28,30,31,35,37);2-9H,10-12H2,1H3,(H,26,27)(H,22,23,28);3-10H,11-12H2,1-2H3;1-3H3,(H4,7,8,9,10);1,3H2,(H,4,5). The maximum absolute atomic E-state index is 13.4. The monoisotopic (exact) mass is 1590 g/mol. The Morgan fingerprint density at radius 1 is 0.469 bits per heavy atom. The number of carboxylic acid groups (broad SMARTS) is 2. The molecule has 9 rings (SSSR count). The van der Waals surface area contributed by atoms with Gasteiger partial charge in [-0.25, -0.2) is 65.2 Å². The van der Waals surface area contributed by atoms with Crippen molar-refractivity contribution in [2.75, 3.05) is 57.9 Å². The number of halogens is 3. The van der Waals surface area contributed by atoms with Crippen LogP contribution in [0.3, 0.4) is 0 Å². The number of nitrogens with two attached hydrogens (primary N) is 3. The molecule has 0 aliphatic heterocycles. The van der Waals surface area contributed by atoms with Gasteiger partial charge in [0.05, 0.1) is 73.7 Å². The lowest BCUT2D eigenvalue weighted by atomic mass is 10.2. The van der Waals surface area contributed by atoms with Crippen molar-refractivity contribution >= 4 is 65.6 Å². The topological polar surface area (TPSA) is 505 Å². The second-order valence-corrected chi connectivity index (χ2v) is 26.1. The zero-order chi connectivity index (χ0) is 83.9. The molecule has 3 aromatic heterocycles. The van der Waals surface area contributed by atoms with Crippen LogP contribution in [0.1, 0.15) is 74.9 Å². The summed E-state index contributed by atoms with van der Waals surface area (Å²) in [4.78, 5) is 147. The molecule has 0 unspecified atom stereocenters. The summed E-state index contributed by atoms with van der Waals surface area (Å²) in [6.07, 6.45) is 0.0683. The molecule has 40 heteroatoms. The van der Waals surface area contributed by atoms with Gasteiger partial charge in [-0.05, 0) is 154 Å². The van der Waals surface area contributed by atoms with Crippen LogP contribution in [0.15, 0.2) is 185 Å². The van der Waals surface area contributed by atoms with E-state index in [1.54, 1.807) is 116 Å². The van der Waals surface area contributed by atoms with Crippen molar-refractivity contribution < 1.29 is 71.0 Å². The van der Waals surface area contributed by atoms with Gasteiger partial charge in [-0.1, -0.05) is 84.6 Å². The Morgan fingerprint density at radius 3 is 1.07 bits per heavy atom. The van der Waals surface area contributed by atoms with E-state index < -0.39 is 106 Å². The van der Waals surface area contributed by atoms with Gasteiger partial charge in [0.1, 0.15) is 52.4 Å². The largest absolute Gasteiger partial charge is 0.497 e. The summed E-state index contributed by atoms with van der Waals surface area (Å²) in [5, 5.41) is 34.0. The van der Waals surface area contributed by atoms with E-state index in [0.717, 1.165) is 25.0 Å². The van der Waals surface area contributed by atoms with Crippen LogP contribution in [-0.4, -0.2) is 153 Å². The Labute approximate surface area is 646 Å². The molecule has 0 radical (unpaired) electrons. The zero-order valence-corrected chi connectivity index (χ0v) is 63.7. The number of carbonyl (C=O) groups excluding carboxylic acids is 3. The fraction of sp³-hybridized carbons (Fsp3) is 0.288. The molecule has 0 saturated heterocycles. The molecule has 0 atom stereocenters. The highest BCUT2D eigenvalue weighted by atomic mass is 32.2. The minimum Gasteiger partial charge on any atom is -0.497 e. The average molecular weight is 1590 g/mol. The van der Waals surface area contributed by atoms with Gasteiger partial charge < -0.3 is 61.7 Å². The second kappa shape index (κ2) is 42.9. The van der Waals surface area contributed by atoms with Crippen molar-refractivity contribution in [1.82, 2.24) is 53.0 Å². The lowest BCUT2D eigenvalue weighted by molar-refractivity contribution is -0.136. The first-order chi connectivity index (χ1) is 53.3. The second-order valence-electron chi connectivity index (χ2n) is 25.4. The maximum Gasteiger partial charge on any atom is 0.437 e. The summed E-state index contributed by atoms with van der Waals surface area (Å²) < 4.78 is 71.4. The lowest BCUT2D eigenvalue weighted by Crippen LogP contribution is -2.47. The predicted octanol–water partition coefficient (Wildman–Crippen LogP) is 4.38. The molecule has 3 heterocycles. The number of anilines is 2. The van der Waals surface area contributed by atoms with Crippen molar-refractivity contribution in [3.8, 4) is 17.2 Å². The summed E-state index contributed by atoms with van der Waals surface area (Å²) in [7, 11) is 4.63. The quantitative estimate of drug-likeness (QED) is 0.0241. The Kier molecular flexibility index (Phi) is 34.2. The molecule has 113 heavy (non-hydrogen) atoms. The molecule has 0 aliphatic carbocycles. The molecule has 36 nitrogen and oxygen atoms in total. The van der Waals surface area contributed by atoms with Crippen LogP contribution in [0.4, 0.5) is 34.7 Å².